The van der Waals surface area contributed by atoms with E-state index < -0.39 is 82.7 Å². The molecular weight excluding hydrogens is 865 g/mol. The zero-order valence-electron chi connectivity index (χ0n) is 39.6. The molecule has 0 unspecified atom stereocenters. The molecular formula is C50H62N4O13. The highest BCUT2D eigenvalue weighted by atomic mass is 16.7. The van der Waals surface area contributed by atoms with Gasteiger partial charge in [0.2, 0.25) is 5.43 Å². The van der Waals surface area contributed by atoms with Crippen LogP contribution in [0.2, 0.25) is 0 Å². The molecule has 1 saturated heterocycles. The van der Waals surface area contributed by atoms with Gasteiger partial charge in [-0.15, -0.1) is 0 Å². The minimum absolute atomic E-state index is 0.00529. The first-order valence-electron chi connectivity index (χ1n) is 22.8. The number of fused-ring (bicyclic) bond motifs is 14. The number of piperidine rings is 1. The van der Waals surface area contributed by atoms with Gasteiger partial charge in [-0.2, -0.15) is 0 Å². The molecule has 6 aliphatic rings. The van der Waals surface area contributed by atoms with Crippen molar-refractivity contribution < 1.29 is 58.2 Å². The summed E-state index contributed by atoms with van der Waals surface area (Å²) >= 11 is 0. The van der Waals surface area contributed by atoms with Crippen LogP contribution in [-0.4, -0.2) is 107 Å². The normalized spacial score (nSPS) is 29.7. The molecule has 8 rings (SSSR count). The third-order valence-corrected chi connectivity index (χ3v) is 13.9. The summed E-state index contributed by atoms with van der Waals surface area (Å²) in [5.41, 5.74) is -0.629. The maximum atomic E-state index is 14.9. The lowest BCUT2D eigenvalue weighted by molar-refractivity contribution is -0.160. The van der Waals surface area contributed by atoms with Gasteiger partial charge in [0.25, 0.3) is 11.7 Å². The number of rotatable bonds is 5. The molecule has 0 spiro atoms. The molecule has 0 radical (unpaired) electrons. The molecule has 5 aliphatic heterocycles. The van der Waals surface area contributed by atoms with E-state index in [2.05, 4.69) is 15.5 Å². The SMILES string of the molecule is CNCC1CCN(c2cc(O)c3nc4c5c6c7c(C)c(O)c5c(=O)c(c-4oc3c2)NC(=O)/C(C)=C\C=C\[C@H](C)[C@H](O)[C@@H](C)[C@@H](O)[C@@H](C)[C@H](OC(C)=O)[C@H](C)[C@@H](OC)/C=C/O[C@@](C)(O7)C6=O)CC1. The molecule has 6 N–H and O–H groups in total. The Kier molecular flexibility index (Phi) is 14.1. The fourth-order valence-electron chi connectivity index (χ4n) is 9.74. The van der Waals surface area contributed by atoms with E-state index in [4.69, 9.17) is 28.3 Å². The van der Waals surface area contributed by atoms with Gasteiger partial charge < -0.3 is 59.3 Å². The van der Waals surface area contributed by atoms with Crippen molar-refractivity contribution in [3.8, 4) is 28.7 Å². The molecule has 17 nitrogen and oxygen atoms in total. The van der Waals surface area contributed by atoms with Gasteiger partial charge in [-0.3, -0.25) is 19.2 Å². The van der Waals surface area contributed by atoms with E-state index in [9.17, 15) is 39.6 Å². The number of carbonyl (C=O) groups excluding carboxylic acids is 3. The van der Waals surface area contributed by atoms with Crippen LogP contribution in [0.3, 0.4) is 0 Å². The number of aliphatic hydroxyl groups excluding tert-OH is 2. The number of allylic oxidation sites excluding steroid dienone is 2. The maximum Gasteiger partial charge on any atom is 0.312 e. The van der Waals surface area contributed by atoms with Gasteiger partial charge in [-0.05, 0) is 52.3 Å². The van der Waals surface area contributed by atoms with Gasteiger partial charge in [0.1, 0.15) is 40.3 Å². The summed E-state index contributed by atoms with van der Waals surface area (Å²) in [6, 6.07) is 3.28. The predicted octanol–water partition coefficient (Wildman–Crippen LogP) is 6.09. The highest BCUT2D eigenvalue weighted by Crippen LogP contribution is 2.51. The summed E-state index contributed by atoms with van der Waals surface area (Å²) in [6.07, 6.45) is 5.33. The third kappa shape index (κ3) is 9.09. The summed E-state index contributed by atoms with van der Waals surface area (Å²) in [7, 11) is 3.36. The quantitative estimate of drug-likeness (QED) is 0.0754. The molecule has 5 bridgehead atoms. The molecule has 5 heterocycles. The van der Waals surface area contributed by atoms with Crippen molar-refractivity contribution in [2.24, 2.45) is 29.6 Å². The zero-order chi connectivity index (χ0) is 48.8. The van der Waals surface area contributed by atoms with E-state index >= 15 is 0 Å². The summed E-state index contributed by atoms with van der Waals surface area (Å²) in [6.45, 7) is 14.8. The largest absolute Gasteiger partial charge is 0.507 e. The molecule has 360 valence electrons. The molecule has 0 saturated carbocycles. The van der Waals surface area contributed by atoms with E-state index in [0.29, 0.717) is 11.6 Å². The Morgan fingerprint density at radius 3 is 2.36 bits per heavy atom. The van der Waals surface area contributed by atoms with Crippen LogP contribution >= 0.6 is 0 Å². The fraction of sp³-hybridized carbons (Fsp3) is 0.500. The minimum Gasteiger partial charge on any atom is -0.507 e. The number of esters is 1. The predicted molar refractivity (Wildman–Crippen MR) is 251 cm³/mol. The maximum absolute atomic E-state index is 14.9. The van der Waals surface area contributed by atoms with Gasteiger partial charge in [0, 0.05) is 92.1 Å². The molecule has 9 atom stereocenters. The minimum atomic E-state index is -2.08. The summed E-state index contributed by atoms with van der Waals surface area (Å²) in [5.74, 6) is -7.31. The topological polar surface area (TPSA) is 239 Å². The molecule has 1 fully saturated rings. The second kappa shape index (κ2) is 19.3. The molecule has 1 aliphatic carbocycles. The van der Waals surface area contributed by atoms with E-state index in [1.165, 1.54) is 53.2 Å². The van der Waals surface area contributed by atoms with Crippen LogP contribution in [0.15, 0.2) is 57.5 Å². The van der Waals surface area contributed by atoms with Crippen molar-refractivity contribution in [3.63, 3.8) is 0 Å². The Balaban J connectivity index is 1.43. The first kappa shape index (κ1) is 48.9. The molecule has 2 aromatic rings. The zero-order valence-corrected chi connectivity index (χ0v) is 39.6. The summed E-state index contributed by atoms with van der Waals surface area (Å²) in [4.78, 5) is 63.1. The Hall–Kier alpha value is -6.01. The van der Waals surface area contributed by atoms with Crippen molar-refractivity contribution in [1.29, 1.82) is 0 Å². The van der Waals surface area contributed by atoms with Crippen molar-refractivity contribution in [2.45, 2.75) is 98.4 Å². The van der Waals surface area contributed by atoms with Crippen LogP contribution in [-0.2, 0) is 23.8 Å². The highest BCUT2D eigenvalue weighted by molar-refractivity contribution is 6.22. The van der Waals surface area contributed by atoms with Crippen LogP contribution in [0.5, 0.6) is 17.2 Å². The molecule has 0 aromatic heterocycles. The Morgan fingerprint density at radius 2 is 1.70 bits per heavy atom. The second-order valence-corrected chi connectivity index (χ2v) is 18.5. The van der Waals surface area contributed by atoms with Crippen molar-refractivity contribution in [2.75, 3.05) is 44.0 Å². The average Bonchev–Trinajstić information content (AvgIpc) is 3.56. The number of ether oxygens (including phenoxy) is 4. The third-order valence-electron chi connectivity index (χ3n) is 13.9. The number of phenolic OH excluding ortho intramolecular Hbond substituents is 2. The van der Waals surface area contributed by atoms with Crippen LogP contribution in [0.1, 0.15) is 77.2 Å². The highest BCUT2D eigenvalue weighted by Gasteiger charge is 2.50. The van der Waals surface area contributed by atoms with E-state index in [-0.39, 0.29) is 67.2 Å². The van der Waals surface area contributed by atoms with Gasteiger partial charge in [0.05, 0.1) is 35.5 Å². The first-order chi connectivity index (χ1) is 31.7. The number of aromatic hydroxyl groups is 2. The number of carbonyl (C=O) groups is 3. The van der Waals surface area contributed by atoms with E-state index in [0.717, 1.165) is 32.5 Å². The number of benzene rings is 3. The number of nitrogens with one attached hydrogen (secondary N) is 2. The van der Waals surface area contributed by atoms with Gasteiger partial charge in [-0.1, -0.05) is 45.9 Å². The standard InChI is InChI=1S/C50H62N4O13/c1-23-12-11-13-24(2)49(62)53-40-44(60)36-35(39-47(40)66-34-21-31(20-32(56)38(34)52-39)54-17-14-30(15-18-54)22-51-9)37-46(28(6)43(36)59)67-50(8,48(37)61)64-19-16-33(63-10)25(3)45(65-29(7)55)27(5)42(58)26(4)41(23)57/h11-13,16,19-21,23,25-27,30,33,41-42,45,51,56-59H,14-15,17-18,22H2,1-10H3,(H,53,62)/b12-11+,19-16+,24-13-/t23-,25+,26+,27+,33-,41-,42+,45+,50-/m0/s1. The Labute approximate surface area is 388 Å². The lowest BCUT2D eigenvalue weighted by atomic mass is 9.78. The Bertz CT molecular complexity index is 2700. The lowest BCUT2D eigenvalue weighted by Gasteiger charge is -2.38. The van der Waals surface area contributed by atoms with Crippen molar-refractivity contribution >= 4 is 50.9 Å². The van der Waals surface area contributed by atoms with E-state index in [1.807, 2.05) is 7.05 Å². The smallest absolute Gasteiger partial charge is 0.312 e. The number of phenols is 2. The number of anilines is 2. The van der Waals surface area contributed by atoms with Gasteiger partial charge >= 0.3 is 11.8 Å². The number of aliphatic hydroxyl groups is 2. The number of hydrogen-bond acceptors (Lipinski definition) is 16. The number of amides is 1. The lowest BCUT2D eigenvalue weighted by Crippen LogP contribution is -2.46. The van der Waals surface area contributed by atoms with Crippen LogP contribution in [0.4, 0.5) is 11.4 Å². The van der Waals surface area contributed by atoms with Gasteiger partial charge in [0.15, 0.2) is 11.3 Å². The van der Waals surface area contributed by atoms with Crippen LogP contribution in [0, 0.1) is 36.5 Å². The number of hydrogen-bond donors (Lipinski definition) is 6. The first-order valence-corrected chi connectivity index (χ1v) is 22.8. The number of nitrogens with zero attached hydrogens (tertiary/aromatic N) is 2. The van der Waals surface area contributed by atoms with Crippen molar-refractivity contribution in [3.05, 3.63) is 69.6 Å². The molecule has 2 aromatic carbocycles. The summed E-state index contributed by atoms with van der Waals surface area (Å²) in [5, 5.41) is 51.9. The van der Waals surface area contributed by atoms with Gasteiger partial charge in [-0.25, -0.2) is 4.98 Å². The number of Topliss-reactive ketones (excluding diaryl/α,β-unsaturated/α-hetero) is 1. The van der Waals surface area contributed by atoms with E-state index in [1.54, 1.807) is 52.0 Å². The monoisotopic (exact) mass is 926 g/mol. The number of methoxy groups -OCH3 is 1. The van der Waals surface area contributed by atoms with Crippen LogP contribution < -0.4 is 25.7 Å². The van der Waals surface area contributed by atoms with Crippen molar-refractivity contribution in [1.82, 2.24) is 10.3 Å². The number of aromatic nitrogens is 1. The molecule has 1 amide bonds. The Morgan fingerprint density at radius 1 is 1.00 bits per heavy atom. The molecule has 17 heteroatoms. The molecule has 67 heavy (non-hydrogen) atoms. The van der Waals surface area contributed by atoms with Crippen LogP contribution in [0.25, 0.3) is 33.3 Å². The number of ketones is 1. The fourth-order valence-corrected chi connectivity index (χ4v) is 9.74. The average molecular weight is 927 g/mol. The summed E-state index contributed by atoms with van der Waals surface area (Å²) < 4.78 is 30.4. The second-order valence-electron chi connectivity index (χ2n) is 18.5.